The largest absolute Gasteiger partial charge is 0.324 e. The summed E-state index contributed by atoms with van der Waals surface area (Å²) in [6, 6.07) is 5.18. The molecule has 1 amide bonds. The second-order valence-corrected chi connectivity index (χ2v) is 5.26. The Bertz CT molecular complexity index is 411. The van der Waals surface area contributed by atoms with Crippen molar-refractivity contribution in [1.82, 2.24) is 4.90 Å². The smallest absolute Gasteiger partial charge is 0.225 e. The molecule has 98 valence electrons. The molecule has 3 nitrogen and oxygen atoms in total. The molecule has 5 heteroatoms. The van der Waals surface area contributed by atoms with Gasteiger partial charge in [-0.15, -0.1) is 0 Å². The Balaban J connectivity index is 1.86. The highest BCUT2D eigenvalue weighted by Crippen LogP contribution is 2.29. The standard InChI is InChI=1S/C13H16Cl2N2O/c14-10-4-3-5-11(15)13(10)16-12(18)6-9-17-7-1-2-8-17/h3-5H,1-2,6-9H2,(H,16,18). The van der Waals surface area contributed by atoms with Crippen molar-refractivity contribution in [3.05, 3.63) is 28.2 Å². The number of nitrogens with zero attached hydrogens (tertiary/aromatic N) is 1. The molecule has 1 aliphatic rings. The van der Waals surface area contributed by atoms with Crippen LogP contribution in [0, 0.1) is 0 Å². The van der Waals surface area contributed by atoms with Crippen LogP contribution in [-0.4, -0.2) is 30.4 Å². The lowest BCUT2D eigenvalue weighted by atomic mass is 10.3. The molecule has 1 aliphatic heterocycles. The van der Waals surface area contributed by atoms with E-state index in [1.54, 1.807) is 18.2 Å². The summed E-state index contributed by atoms with van der Waals surface area (Å²) in [6.45, 7) is 2.99. The summed E-state index contributed by atoms with van der Waals surface area (Å²) in [5, 5.41) is 3.71. The maximum absolute atomic E-state index is 11.8. The highest BCUT2D eigenvalue weighted by molar-refractivity contribution is 6.39. The van der Waals surface area contributed by atoms with E-state index in [0.29, 0.717) is 22.2 Å². The van der Waals surface area contributed by atoms with Gasteiger partial charge in [0.1, 0.15) is 0 Å². The molecular formula is C13H16Cl2N2O. The average Bonchev–Trinajstić information content (AvgIpc) is 2.84. The number of para-hydroxylation sites is 1. The van der Waals surface area contributed by atoms with Crippen LogP contribution in [0.5, 0.6) is 0 Å². The molecule has 1 heterocycles. The Kier molecular flexibility index (Phi) is 4.87. The molecule has 0 radical (unpaired) electrons. The van der Waals surface area contributed by atoms with Crippen LogP contribution in [0.3, 0.4) is 0 Å². The normalized spacial score (nSPS) is 15.9. The number of halogens is 2. The molecule has 0 spiro atoms. The quantitative estimate of drug-likeness (QED) is 0.920. The van der Waals surface area contributed by atoms with Gasteiger partial charge in [0.25, 0.3) is 0 Å². The van der Waals surface area contributed by atoms with Crippen molar-refractivity contribution < 1.29 is 4.79 Å². The zero-order chi connectivity index (χ0) is 13.0. The molecular weight excluding hydrogens is 271 g/mol. The van der Waals surface area contributed by atoms with Crippen LogP contribution >= 0.6 is 23.2 Å². The molecule has 1 N–H and O–H groups in total. The molecule has 0 aliphatic carbocycles. The van der Waals surface area contributed by atoms with Gasteiger partial charge in [-0.05, 0) is 38.1 Å². The number of hydrogen-bond donors (Lipinski definition) is 1. The summed E-state index contributed by atoms with van der Waals surface area (Å²) in [7, 11) is 0. The summed E-state index contributed by atoms with van der Waals surface area (Å²) in [4.78, 5) is 14.1. The molecule has 2 rings (SSSR count). The van der Waals surface area contributed by atoms with Crippen LogP contribution in [0.2, 0.25) is 10.0 Å². The summed E-state index contributed by atoms with van der Waals surface area (Å²) in [5.41, 5.74) is 0.507. The van der Waals surface area contributed by atoms with Gasteiger partial charge in [0.05, 0.1) is 15.7 Å². The van der Waals surface area contributed by atoms with Gasteiger partial charge in [-0.3, -0.25) is 4.79 Å². The molecule has 0 atom stereocenters. The molecule has 0 bridgehead atoms. The lowest BCUT2D eigenvalue weighted by Gasteiger charge is -2.14. The fraction of sp³-hybridized carbons (Fsp3) is 0.462. The lowest BCUT2D eigenvalue weighted by molar-refractivity contribution is -0.116. The second-order valence-electron chi connectivity index (χ2n) is 4.44. The molecule has 1 aromatic carbocycles. The third kappa shape index (κ3) is 3.61. The van der Waals surface area contributed by atoms with E-state index < -0.39 is 0 Å². The zero-order valence-electron chi connectivity index (χ0n) is 10.1. The van der Waals surface area contributed by atoms with Crippen LogP contribution in [0.25, 0.3) is 0 Å². The van der Waals surface area contributed by atoms with Crippen LogP contribution in [0.1, 0.15) is 19.3 Å². The van der Waals surface area contributed by atoms with Gasteiger partial charge < -0.3 is 10.2 Å². The van der Waals surface area contributed by atoms with E-state index in [0.717, 1.165) is 19.6 Å². The topological polar surface area (TPSA) is 32.3 Å². The first-order valence-electron chi connectivity index (χ1n) is 6.13. The van der Waals surface area contributed by atoms with E-state index in [2.05, 4.69) is 10.2 Å². The Labute approximate surface area is 117 Å². The van der Waals surface area contributed by atoms with Crippen LogP contribution in [-0.2, 0) is 4.79 Å². The highest BCUT2D eigenvalue weighted by atomic mass is 35.5. The van der Waals surface area contributed by atoms with E-state index in [1.165, 1.54) is 12.8 Å². The number of carbonyl (C=O) groups is 1. The third-order valence-corrected chi connectivity index (χ3v) is 3.71. The lowest BCUT2D eigenvalue weighted by Crippen LogP contribution is -2.25. The molecule has 18 heavy (non-hydrogen) atoms. The van der Waals surface area contributed by atoms with E-state index in [4.69, 9.17) is 23.2 Å². The number of nitrogens with one attached hydrogen (secondary N) is 1. The molecule has 0 saturated carbocycles. The van der Waals surface area contributed by atoms with Crippen molar-refractivity contribution in [3.8, 4) is 0 Å². The fourth-order valence-corrected chi connectivity index (χ4v) is 2.58. The summed E-state index contributed by atoms with van der Waals surface area (Å²) in [6.07, 6.45) is 2.94. The number of likely N-dealkylation sites (tertiary alicyclic amines) is 1. The first kappa shape index (κ1) is 13.7. The van der Waals surface area contributed by atoms with Gasteiger partial charge in [-0.25, -0.2) is 0 Å². The van der Waals surface area contributed by atoms with Crippen molar-refractivity contribution in [2.45, 2.75) is 19.3 Å². The zero-order valence-corrected chi connectivity index (χ0v) is 11.6. The summed E-state index contributed by atoms with van der Waals surface area (Å²) >= 11 is 12.0. The number of hydrogen-bond acceptors (Lipinski definition) is 2. The Morgan fingerprint density at radius 1 is 1.22 bits per heavy atom. The minimum atomic E-state index is -0.0445. The Morgan fingerprint density at radius 3 is 2.44 bits per heavy atom. The first-order chi connectivity index (χ1) is 8.66. The Morgan fingerprint density at radius 2 is 1.83 bits per heavy atom. The molecule has 0 unspecified atom stereocenters. The van der Waals surface area contributed by atoms with Crippen LogP contribution in [0.4, 0.5) is 5.69 Å². The third-order valence-electron chi connectivity index (χ3n) is 3.08. The van der Waals surface area contributed by atoms with Crippen molar-refractivity contribution in [1.29, 1.82) is 0 Å². The minimum Gasteiger partial charge on any atom is -0.324 e. The average molecular weight is 287 g/mol. The monoisotopic (exact) mass is 286 g/mol. The van der Waals surface area contributed by atoms with Gasteiger partial charge in [-0.2, -0.15) is 0 Å². The van der Waals surface area contributed by atoms with Crippen LogP contribution < -0.4 is 5.32 Å². The first-order valence-corrected chi connectivity index (χ1v) is 6.88. The maximum atomic E-state index is 11.8. The predicted molar refractivity (Wildman–Crippen MR) is 75.4 cm³/mol. The molecule has 1 fully saturated rings. The van der Waals surface area contributed by atoms with Crippen molar-refractivity contribution >= 4 is 34.8 Å². The van der Waals surface area contributed by atoms with Crippen molar-refractivity contribution in [2.24, 2.45) is 0 Å². The van der Waals surface area contributed by atoms with E-state index in [1.807, 2.05) is 0 Å². The predicted octanol–water partition coefficient (Wildman–Crippen LogP) is 3.42. The maximum Gasteiger partial charge on any atom is 0.225 e. The molecule has 1 saturated heterocycles. The van der Waals surface area contributed by atoms with Gasteiger partial charge in [0.15, 0.2) is 0 Å². The number of carbonyl (C=O) groups excluding carboxylic acids is 1. The number of benzene rings is 1. The van der Waals surface area contributed by atoms with Gasteiger partial charge >= 0.3 is 0 Å². The summed E-state index contributed by atoms with van der Waals surface area (Å²) < 4.78 is 0. The number of amides is 1. The molecule has 1 aromatic rings. The number of anilines is 1. The molecule has 0 aromatic heterocycles. The SMILES string of the molecule is O=C(CCN1CCCC1)Nc1c(Cl)cccc1Cl. The van der Waals surface area contributed by atoms with Gasteiger partial charge in [0, 0.05) is 13.0 Å². The van der Waals surface area contributed by atoms with Crippen molar-refractivity contribution in [2.75, 3.05) is 25.0 Å². The fourth-order valence-electron chi connectivity index (χ4n) is 2.09. The Hall–Kier alpha value is -0.770. The summed E-state index contributed by atoms with van der Waals surface area (Å²) in [5.74, 6) is -0.0445. The highest BCUT2D eigenvalue weighted by Gasteiger charge is 2.14. The van der Waals surface area contributed by atoms with Gasteiger partial charge in [0.2, 0.25) is 5.91 Å². The minimum absolute atomic E-state index is 0.0445. The van der Waals surface area contributed by atoms with E-state index in [-0.39, 0.29) is 5.91 Å². The van der Waals surface area contributed by atoms with E-state index >= 15 is 0 Å². The second kappa shape index (κ2) is 6.41. The van der Waals surface area contributed by atoms with E-state index in [9.17, 15) is 4.79 Å². The van der Waals surface area contributed by atoms with Crippen molar-refractivity contribution in [3.63, 3.8) is 0 Å². The number of rotatable bonds is 4. The van der Waals surface area contributed by atoms with Crippen LogP contribution in [0.15, 0.2) is 18.2 Å². The van der Waals surface area contributed by atoms with Gasteiger partial charge in [-0.1, -0.05) is 29.3 Å².